The van der Waals surface area contributed by atoms with Crippen LogP contribution >= 0.6 is 0 Å². The average molecular weight is 234 g/mol. The first-order chi connectivity index (χ1) is 8.09. The van der Waals surface area contributed by atoms with Gasteiger partial charge in [0, 0.05) is 29.6 Å². The van der Waals surface area contributed by atoms with Gasteiger partial charge in [0.05, 0.1) is 0 Å². The molecule has 3 rings (SSSR count). The number of fused-ring (bicyclic) bond motifs is 1. The number of aliphatic hydroxyl groups excluding tert-OH is 2. The van der Waals surface area contributed by atoms with Crippen LogP contribution in [0, 0.1) is 0 Å². The van der Waals surface area contributed by atoms with E-state index in [1.165, 1.54) is 0 Å². The fraction of sp³-hybridized carbons (Fsp3) is 0.333. The number of nitrogens with two attached hydrogens (primary N) is 1. The Morgan fingerprint density at radius 1 is 1.35 bits per heavy atom. The maximum Gasteiger partial charge on any atom is 0.186 e. The lowest BCUT2D eigenvalue weighted by Gasteiger charge is -2.33. The topological polar surface area (TPSA) is 82.2 Å². The number of likely N-dealkylation sites (N-methyl/N-ethyl adjacent to an activating group) is 1. The number of nitrogens with zero attached hydrogens (tertiary/aromatic N) is 1. The SMILES string of the molecule is CN1c2cccc(N)c2C=C(C2OC2O)C1O. The van der Waals surface area contributed by atoms with Gasteiger partial charge in [-0.05, 0) is 18.2 Å². The van der Waals surface area contributed by atoms with E-state index in [1.807, 2.05) is 18.2 Å². The second kappa shape index (κ2) is 3.46. The first-order valence-corrected chi connectivity index (χ1v) is 5.44. The highest BCUT2D eigenvalue weighted by atomic mass is 16.7. The molecular formula is C12H14N2O3. The minimum atomic E-state index is -0.809. The van der Waals surface area contributed by atoms with Crippen LogP contribution < -0.4 is 10.6 Å². The molecule has 1 fully saturated rings. The summed E-state index contributed by atoms with van der Waals surface area (Å²) in [5.41, 5.74) is 8.93. The van der Waals surface area contributed by atoms with E-state index < -0.39 is 18.6 Å². The van der Waals surface area contributed by atoms with Crippen LogP contribution in [0.25, 0.3) is 6.08 Å². The number of anilines is 2. The lowest BCUT2D eigenvalue weighted by Crippen LogP contribution is -2.37. The van der Waals surface area contributed by atoms with E-state index >= 15 is 0 Å². The number of rotatable bonds is 1. The molecule has 2 aliphatic rings. The van der Waals surface area contributed by atoms with E-state index in [0.717, 1.165) is 11.3 Å². The van der Waals surface area contributed by atoms with E-state index in [-0.39, 0.29) is 0 Å². The second-order valence-corrected chi connectivity index (χ2v) is 4.36. The Hall–Kier alpha value is -1.56. The first-order valence-electron chi connectivity index (χ1n) is 5.44. The molecule has 5 heteroatoms. The monoisotopic (exact) mass is 234 g/mol. The van der Waals surface area contributed by atoms with Crippen LogP contribution in [-0.4, -0.2) is 35.9 Å². The van der Waals surface area contributed by atoms with E-state index in [9.17, 15) is 10.2 Å². The van der Waals surface area contributed by atoms with Crippen LogP contribution in [0.5, 0.6) is 0 Å². The molecule has 90 valence electrons. The van der Waals surface area contributed by atoms with Crippen LogP contribution in [0.4, 0.5) is 11.4 Å². The van der Waals surface area contributed by atoms with E-state index in [4.69, 9.17) is 10.5 Å². The predicted molar refractivity (Wildman–Crippen MR) is 64.1 cm³/mol. The fourth-order valence-electron chi connectivity index (χ4n) is 2.21. The first kappa shape index (κ1) is 10.6. The Labute approximate surface area is 98.7 Å². The molecule has 0 spiro atoms. The lowest BCUT2D eigenvalue weighted by molar-refractivity contribution is 0.155. The molecule has 0 aromatic heterocycles. The third-order valence-corrected chi connectivity index (χ3v) is 3.27. The smallest absolute Gasteiger partial charge is 0.186 e. The highest BCUT2D eigenvalue weighted by Gasteiger charge is 2.45. The van der Waals surface area contributed by atoms with Gasteiger partial charge in [-0.2, -0.15) is 0 Å². The Balaban J connectivity index is 2.10. The molecule has 0 amide bonds. The molecule has 1 aromatic rings. The van der Waals surface area contributed by atoms with Gasteiger partial charge >= 0.3 is 0 Å². The number of ether oxygens (including phenoxy) is 1. The Morgan fingerprint density at radius 2 is 2.06 bits per heavy atom. The van der Waals surface area contributed by atoms with Gasteiger partial charge in [0.25, 0.3) is 0 Å². The van der Waals surface area contributed by atoms with E-state index in [0.29, 0.717) is 11.3 Å². The molecule has 3 atom stereocenters. The lowest BCUT2D eigenvalue weighted by atomic mass is 9.98. The Bertz CT molecular complexity index is 501. The number of hydrogen-bond donors (Lipinski definition) is 3. The van der Waals surface area contributed by atoms with Gasteiger partial charge in [-0.1, -0.05) is 6.07 Å². The second-order valence-electron chi connectivity index (χ2n) is 4.36. The van der Waals surface area contributed by atoms with Crippen molar-refractivity contribution in [3.05, 3.63) is 29.3 Å². The minimum Gasteiger partial charge on any atom is -0.398 e. The molecule has 1 aromatic carbocycles. The number of aliphatic hydroxyl groups is 2. The maximum absolute atomic E-state index is 10.1. The minimum absolute atomic E-state index is 0.416. The molecule has 0 bridgehead atoms. The van der Waals surface area contributed by atoms with Crippen LogP contribution in [0.3, 0.4) is 0 Å². The third-order valence-electron chi connectivity index (χ3n) is 3.27. The standard InChI is InChI=1S/C12H14N2O3/c1-14-9-4-2-3-8(13)6(9)5-7(11(14)15)10-12(16)17-10/h2-5,10-12,15-16H,13H2,1H3. The summed E-state index contributed by atoms with van der Waals surface area (Å²) >= 11 is 0. The van der Waals surface area contributed by atoms with Gasteiger partial charge < -0.3 is 25.6 Å². The number of benzene rings is 1. The van der Waals surface area contributed by atoms with Crippen LogP contribution in [0.15, 0.2) is 23.8 Å². The van der Waals surface area contributed by atoms with E-state index in [2.05, 4.69) is 0 Å². The summed E-state index contributed by atoms with van der Waals surface area (Å²) in [6.45, 7) is 0. The van der Waals surface area contributed by atoms with Crippen molar-refractivity contribution >= 4 is 17.5 Å². The zero-order chi connectivity index (χ0) is 12.2. The summed E-state index contributed by atoms with van der Waals surface area (Å²) in [4.78, 5) is 1.72. The van der Waals surface area contributed by atoms with Crippen LogP contribution in [-0.2, 0) is 4.74 Å². The van der Waals surface area contributed by atoms with Gasteiger partial charge in [-0.15, -0.1) is 0 Å². The summed E-state index contributed by atoms with van der Waals surface area (Å²) < 4.78 is 4.99. The summed E-state index contributed by atoms with van der Waals surface area (Å²) in [7, 11) is 1.78. The highest BCUT2D eigenvalue weighted by molar-refractivity contribution is 5.82. The summed E-state index contributed by atoms with van der Waals surface area (Å²) in [6, 6.07) is 5.55. The summed E-state index contributed by atoms with van der Waals surface area (Å²) in [5, 5.41) is 19.4. The highest BCUT2D eigenvalue weighted by Crippen LogP contribution is 2.39. The van der Waals surface area contributed by atoms with E-state index in [1.54, 1.807) is 18.0 Å². The average Bonchev–Trinajstić information content (AvgIpc) is 3.01. The van der Waals surface area contributed by atoms with Crippen molar-refractivity contribution in [2.24, 2.45) is 0 Å². The molecule has 5 nitrogen and oxygen atoms in total. The molecule has 17 heavy (non-hydrogen) atoms. The van der Waals surface area contributed by atoms with Gasteiger partial charge in [0.1, 0.15) is 6.10 Å². The van der Waals surface area contributed by atoms with Crippen LogP contribution in [0.2, 0.25) is 0 Å². The van der Waals surface area contributed by atoms with Crippen molar-refractivity contribution in [1.29, 1.82) is 0 Å². The van der Waals surface area contributed by atoms with Crippen molar-refractivity contribution in [2.75, 3.05) is 17.7 Å². The van der Waals surface area contributed by atoms with Crippen molar-refractivity contribution in [3.63, 3.8) is 0 Å². The zero-order valence-electron chi connectivity index (χ0n) is 9.37. The molecule has 3 unspecified atom stereocenters. The van der Waals surface area contributed by atoms with Crippen molar-refractivity contribution in [3.8, 4) is 0 Å². The third kappa shape index (κ3) is 1.51. The Kier molecular flexibility index (Phi) is 2.16. The van der Waals surface area contributed by atoms with Crippen molar-refractivity contribution in [1.82, 2.24) is 0 Å². The van der Waals surface area contributed by atoms with Crippen molar-refractivity contribution < 1.29 is 14.9 Å². The van der Waals surface area contributed by atoms with Crippen LogP contribution in [0.1, 0.15) is 5.56 Å². The number of epoxide rings is 1. The molecule has 2 aliphatic heterocycles. The number of hydrogen-bond acceptors (Lipinski definition) is 5. The normalized spacial score (nSPS) is 30.9. The predicted octanol–water partition coefficient (Wildman–Crippen LogP) is 0.138. The zero-order valence-corrected chi connectivity index (χ0v) is 9.37. The molecule has 4 N–H and O–H groups in total. The summed E-state index contributed by atoms with van der Waals surface area (Å²) in [5.74, 6) is 0. The summed E-state index contributed by atoms with van der Waals surface area (Å²) in [6.07, 6.45) is -0.210. The number of nitrogen functional groups attached to an aromatic ring is 1. The van der Waals surface area contributed by atoms with Crippen molar-refractivity contribution in [2.45, 2.75) is 18.6 Å². The molecular weight excluding hydrogens is 220 g/mol. The van der Waals surface area contributed by atoms with Gasteiger partial charge in [0.15, 0.2) is 12.5 Å². The molecule has 1 saturated heterocycles. The van der Waals surface area contributed by atoms with Gasteiger partial charge in [-0.25, -0.2) is 0 Å². The molecule has 2 heterocycles. The Morgan fingerprint density at radius 3 is 2.71 bits per heavy atom. The van der Waals surface area contributed by atoms with Gasteiger partial charge in [0.2, 0.25) is 0 Å². The van der Waals surface area contributed by atoms with Gasteiger partial charge in [-0.3, -0.25) is 0 Å². The maximum atomic E-state index is 10.1. The largest absolute Gasteiger partial charge is 0.398 e. The molecule has 0 radical (unpaired) electrons. The fourth-order valence-corrected chi connectivity index (χ4v) is 2.21. The molecule has 0 saturated carbocycles. The molecule has 0 aliphatic carbocycles. The quantitative estimate of drug-likeness (QED) is 0.475.